The second-order valence-electron chi connectivity index (χ2n) is 7.14. The smallest absolute Gasteiger partial charge is 0.102 e. The SMILES string of the molecule is CCCCc1c(C#N)c(C#N)c(C#N)c2cc3ccccc3c(CCCC)c12. The number of aryl methyl sites for hydroxylation is 2. The van der Waals surface area contributed by atoms with E-state index in [0.29, 0.717) is 11.1 Å². The molecule has 0 saturated carbocycles. The Morgan fingerprint density at radius 2 is 1.32 bits per heavy atom. The van der Waals surface area contributed by atoms with E-state index in [4.69, 9.17) is 0 Å². The maximum Gasteiger partial charge on any atom is 0.102 e. The Morgan fingerprint density at radius 3 is 1.93 bits per heavy atom. The number of hydrogen-bond acceptors (Lipinski definition) is 3. The van der Waals surface area contributed by atoms with Gasteiger partial charge >= 0.3 is 0 Å². The first-order valence-corrected chi connectivity index (χ1v) is 9.95. The third-order valence-corrected chi connectivity index (χ3v) is 5.43. The molecule has 3 heteroatoms. The molecule has 0 atom stereocenters. The molecular formula is C25H23N3. The summed E-state index contributed by atoms with van der Waals surface area (Å²) in [6.07, 6.45) is 5.71. The van der Waals surface area contributed by atoms with Crippen molar-refractivity contribution in [2.75, 3.05) is 0 Å². The fourth-order valence-electron chi connectivity index (χ4n) is 4.07. The van der Waals surface area contributed by atoms with Crippen molar-refractivity contribution in [1.29, 1.82) is 15.8 Å². The highest BCUT2D eigenvalue weighted by atomic mass is 14.3. The van der Waals surface area contributed by atoms with E-state index in [0.717, 1.165) is 60.2 Å². The van der Waals surface area contributed by atoms with E-state index < -0.39 is 0 Å². The molecule has 0 amide bonds. The van der Waals surface area contributed by atoms with Crippen LogP contribution < -0.4 is 0 Å². The van der Waals surface area contributed by atoms with Crippen molar-refractivity contribution >= 4 is 21.5 Å². The number of nitrogens with zero attached hydrogens (tertiary/aromatic N) is 3. The molecule has 3 aromatic rings. The normalized spacial score (nSPS) is 10.5. The first-order chi connectivity index (χ1) is 13.7. The predicted molar refractivity (Wildman–Crippen MR) is 113 cm³/mol. The zero-order valence-electron chi connectivity index (χ0n) is 16.5. The van der Waals surface area contributed by atoms with Gasteiger partial charge in [0.2, 0.25) is 0 Å². The summed E-state index contributed by atoms with van der Waals surface area (Å²) in [5.41, 5.74) is 3.08. The number of fused-ring (bicyclic) bond motifs is 2. The van der Waals surface area contributed by atoms with Crippen LogP contribution in [0.15, 0.2) is 30.3 Å². The topological polar surface area (TPSA) is 71.4 Å². The van der Waals surface area contributed by atoms with E-state index in [1.165, 1.54) is 10.9 Å². The van der Waals surface area contributed by atoms with Crippen molar-refractivity contribution < 1.29 is 0 Å². The zero-order chi connectivity index (χ0) is 20.1. The fourth-order valence-corrected chi connectivity index (χ4v) is 4.07. The van der Waals surface area contributed by atoms with Crippen molar-refractivity contribution in [2.45, 2.75) is 52.4 Å². The lowest BCUT2D eigenvalue weighted by Crippen LogP contribution is -2.04. The molecule has 0 N–H and O–H groups in total. The molecule has 0 aliphatic rings. The van der Waals surface area contributed by atoms with Crippen molar-refractivity contribution in [3.05, 3.63) is 58.1 Å². The van der Waals surface area contributed by atoms with Gasteiger partial charge in [0.15, 0.2) is 0 Å². The van der Waals surface area contributed by atoms with Crippen LogP contribution in [-0.2, 0) is 12.8 Å². The van der Waals surface area contributed by atoms with Crippen LogP contribution in [-0.4, -0.2) is 0 Å². The number of benzene rings is 3. The van der Waals surface area contributed by atoms with Gasteiger partial charge in [0, 0.05) is 5.39 Å². The van der Waals surface area contributed by atoms with Crippen LogP contribution in [0.2, 0.25) is 0 Å². The summed E-state index contributed by atoms with van der Waals surface area (Å²) >= 11 is 0. The van der Waals surface area contributed by atoms with Gasteiger partial charge in [-0.3, -0.25) is 0 Å². The summed E-state index contributed by atoms with van der Waals surface area (Å²) in [5.74, 6) is 0. The zero-order valence-corrected chi connectivity index (χ0v) is 16.5. The summed E-state index contributed by atoms with van der Waals surface area (Å²) in [6, 6.07) is 16.9. The average Bonchev–Trinajstić information content (AvgIpc) is 2.73. The molecule has 0 aliphatic carbocycles. The minimum Gasteiger partial charge on any atom is -0.192 e. The molecule has 0 aromatic heterocycles. The second kappa shape index (κ2) is 8.56. The molecule has 28 heavy (non-hydrogen) atoms. The summed E-state index contributed by atoms with van der Waals surface area (Å²) in [5, 5.41) is 33.6. The van der Waals surface area contributed by atoms with Gasteiger partial charge in [-0.05, 0) is 59.0 Å². The molecule has 0 bridgehead atoms. The molecule has 0 saturated heterocycles. The molecule has 0 unspecified atom stereocenters. The van der Waals surface area contributed by atoms with Gasteiger partial charge in [0.05, 0.1) is 16.7 Å². The van der Waals surface area contributed by atoms with Crippen molar-refractivity contribution in [3.63, 3.8) is 0 Å². The van der Waals surface area contributed by atoms with E-state index in [9.17, 15) is 15.8 Å². The predicted octanol–water partition coefficient (Wildman–Crippen LogP) is 6.29. The summed E-state index contributed by atoms with van der Waals surface area (Å²) in [4.78, 5) is 0. The van der Waals surface area contributed by atoms with Crippen LogP contribution in [0.25, 0.3) is 21.5 Å². The molecule has 0 heterocycles. The third kappa shape index (κ3) is 3.19. The van der Waals surface area contributed by atoms with E-state index in [2.05, 4.69) is 44.2 Å². The molecule has 0 spiro atoms. The quantitative estimate of drug-likeness (QED) is 0.482. The standard InChI is InChI=1S/C25H23N3/c1-3-5-10-19-18-12-8-7-9-17(18)13-21-23(15-27)24(16-28)22(14-26)20(25(19)21)11-6-4-2/h7-9,12-13H,3-6,10-11H2,1-2H3. The van der Waals surface area contributed by atoms with Gasteiger partial charge in [-0.15, -0.1) is 0 Å². The Balaban J connectivity index is 2.59. The Hall–Kier alpha value is -3.35. The molecular weight excluding hydrogens is 342 g/mol. The first kappa shape index (κ1) is 19.4. The van der Waals surface area contributed by atoms with Gasteiger partial charge in [-0.2, -0.15) is 15.8 Å². The molecule has 0 radical (unpaired) electrons. The maximum atomic E-state index is 9.88. The van der Waals surface area contributed by atoms with Crippen molar-refractivity contribution in [1.82, 2.24) is 0 Å². The Kier molecular flexibility index (Phi) is 5.93. The van der Waals surface area contributed by atoms with E-state index >= 15 is 0 Å². The van der Waals surface area contributed by atoms with Crippen molar-refractivity contribution in [2.24, 2.45) is 0 Å². The summed E-state index contributed by atoms with van der Waals surface area (Å²) in [7, 11) is 0. The largest absolute Gasteiger partial charge is 0.192 e. The molecule has 138 valence electrons. The Labute approximate surface area is 166 Å². The highest BCUT2D eigenvalue weighted by Gasteiger charge is 2.22. The first-order valence-electron chi connectivity index (χ1n) is 9.95. The van der Waals surface area contributed by atoms with Gasteiger partial charge in [-0.1, -0.05) is 51.0 Å². The Bertz CT molecular complexity index is 1170. The molecule has 3 rings (SSSR count). The number of unbranched alkanes of at least 4 members (excludes halogenated alkanes) is 2. The van der Waals surface area contributed by atoms with Gasteiger partial charge in [0.1, 0.15) is 18.2 Å². The number of nitriles is 3. The van der Waals surface area contributed by atoms with Crippen LogP contribution in [0.1, 0.15) is 67.3 Å². The summed E-state index contributed by atoms with van der Waals surface area (Å²) in [6.45, 7) is 4.29. The highest BCUT2D eigenvalue weighted by Crippen LogP contribution is 2.38. The van der Waals surface area contributed by atoms with Crippen LogP contribution in [0, 0.1) is 34.0 Å². The van der Waals surface area contributed by atoms with Crippen LogP contribution in [0.3, 0.4) is 0 Å². The van der Waals surface area contributed by atoms with Gasteiger partial charge in [-0.25, -0.2) is 0 Å². The third-order valence-electron chi connectivity index (χ3n) is 5.43. The molecule has 0 fully saturated rings. The lowest BCUT2D eigenvalue weighted by molar-refractivity contribution is 0.790. The number of hydrogen-bond donors (Lipinski definition) is 0. The molecule has 3 nitrogen and oxygen atoms in total. The molecule has 0 aliphatic heterocycles. The minimum atomic E-state index is 0.223. The van der Waals surface area contributed by atoms with E-state index in [-0.39, 0.29) is 5.56 Å². The van der Waals surface area contributed by atoms with Gasteiger partial charge < -0.3 is 0 Å². The van der Waals surface area contributed by atoms with E-state index in [1.54, 1.807) is 0 Å². The highest BCUT2D eigenvalue weighted by molar-refractivity contribution is 6.07. The minimum absolute atomic E-state index is 0.223. The average molecular weight is 365 g/mol. The van der Waals surface area contributed by atoms with Crippen LogP contribution in [0.5, 0.6) is 0 Å². The molecule has 3 aromatic carbocycles. The van der Waals surface area contributed by atoms with E-state index in [1.807, 2.05) is 18.2 Å². The summed E-state index contributed by atoms with van der Waals surface area (Å²) < 4.78 is 0. The second-order valence-corrected chi connectivity index (χ2v) is 7.14. The lowest BCUT2D eigenvalue weighted by atomic mass is 9.83. The van der Waals surface area contributed by atoms with Gasteiger partial charge in [0.25, 0.3) is 0 Å². The monoisotopic (exact) mass is 365 g/mol. The number of rotatable bonds is 6. The van der Waals surface area contributed by atoms with Crippen LogP contribution in [0.4, 0.5) is 0 Å². The fraction of sp³-hybridized carbons (Fsp3) is 0.320. The Morgan fingerprint density at radius 1 is 0.714 bits per heavy atom. The maximum absolute atomic E-state index is 9.88. The van der Waals surface area contributed by atoms with Crippen LogP contribution >= 0.6 is 0 Å². The van der Waals surface area contributed by atoms with Crippen molar-refractivity contribution in [3.8, 4) is 18.2 Å². The lowest BCUT2D eigenvalue weighted by Gasteiger charge is -2.18.